The predicted octanol–water partition coefficient (Wildman–Crippen LogP) is 2.50. The Kier molecular flexibility index (Phi) is 3.14. The number of hydrogen-bond donors (Lipinski definition) is 1. The van der Waals surface area contributed by atoms with Crippen LogP contribution in [0.25, 0.3) is 0 Å². The molecule has 0 fully saturated rings. The highest BCUT2D eigenvalue weighted by atomic mass is 16.5. The molecule has 0 radical (unpaired) electrons. The van der Waals surface area contributed by atoms with Crippen molar-refractivity contribution in [1.82, 2.24) is 5.16 Å². The number of aryl methyl sites for hydroxylation is 1. The van der Waals surface area contributed by atoms with Crippen LogP contribution in [0.15, 0.2) is 4.52 Å². The molecule has 1 aromatic rings. The monoisotopic (exact) mass is 168 g/mol. The van der Waals surface area contributed by atoms with Gasteiger partial charge in [-0.05, 0) is 20.3 Å². The van der Waals surface area contributed by atoms with Crippen LogP contribution < -0.4 is 5.32 Å². The molecule has 68 valence electrons. The van der Waals surface area contributed by atoms with Crippen LogP contribution in [-0.2, 0) is 0 Å². The first-order valence-electron chi connectivity index (χ1n) is 4.42. The Bertz CT molecular complexity index is 243. The number of unbranched alkanes of at least 4 members (excludes halogenated alkanes) is 1. The molecule has 0 atom stereocenters. The Labute approximate surface area is 73.1 Å². The number of aromatic nitrogens is 1. The van der Waals surface area contributed by atoms with Crippen molar-refractivity contribution in [1.29, 1.82) is 0 Å². The Balaban J connectivity index is 2.46. The zero-order valence-corrected chi connectivity index (χ0v) is 7.98. The number of nitrogens with zero attached hydrogens (tertiary/aromatic N) is 1. The minimum atomic E-state index is 0.890. The summed E-state index contributed by atoms with van der Waals surface area (Å²) in [6.07, 6.45) is 2.37. The zero-order chi connectivity index (χ0) is 8.97. The van der Waals surface area contributed by atoms with Crippen molar-refractivity contribution in [2.24, 2.45) is 0 Å². The molecule has 0 saturated heterocycles. The van der Waals surface area contributed by atoms with E-state index in [4.69, 9.17) is 4.52 Å². The van der Waals surface area contributed by atoms with E-state index in [1.54, 1.807) is 0 Å². The molecule has 1 aromatic heterocycles. The van der Waals surface area contributed by atoms with Crippen LogP contribution in [0.2, 0.25) is 0 Å². The topological polar surface area (TPSA) is 38.1 Å². The summed E-state index contributed by atoms with van der Waals surface area (Å²) in [7, 11) is 0. The van der Waals surface area contributed by atoms with Crippen LogP contribution >= 0.6 is 0 Å². The largest absolute Gasteiger partial charge is 0.367 e. The fraction of sp³-hybridized carbons (Fsp3) is 0.667. The van der Waals surface area contributed by atoms with Gasteiger partial charge in [-0.2, -0.15) is 0 Å². The van der Waals surface area contributed by atoms with Gasteiger partial charge in [0.15, 0.2) is 5.82 Å². The van der Waals surface area contributed by atoms with E-state index < -0.39 is 0 Å². The molecule has 0 amide bonds. The van der Waals surface area contributed by atoms with Crippen LogP contribution in [0, 0.1) is 13.8 Å². The summed E-state index contributed by atoms with van der Waals surface area (Å²) in [5.41, 5.74) is 1.12. The number of rotatable bonds is 4. The second-order valence-corrected chi connectivity index (χ2v) is 2.99. The lowest BCUT2D eigenvalue weighted by atomic mass is 10.3. The Morgan fingerprint density at radius 2 is 2.17 bits per heavy atom. The second kappa shape index (κ2) is 4.14. The molecule has 0 saturated carbocycles. The fourth-order valence-corrected chi connectivity index (χ4v) is 0.966. The summed E-state index contributed by atoms with van der Waals surface area (Å²) in [5, 5.41) is 7.13. The van der Waals surface area contributed by atoms with Gasteiger partial charge in [-0.3, -0.25) is 0 Å². The average Bonchev–Trinajstić information content (AvgIpc) is 2.36. The van der Waals surface area contributed by atoms with E-state index in [-0.39, 0.29) is 0 Å². The van der Waals surface area contributed by atoms with Crippen LogP contribution in [0.5, 0.6) is 0 Å². The lowest BCUT2D eigenvalue weighted by Crippen LogP contribution is -2.01. The summed E-state index contributed by atoms with van der Waals surface area (Å²) >= 11 is 0. The highest BCUT2D eigenvalue weighted by molar-refractivity contribution is 5.43. The molecule has 1 N–H and O–H groups in total. The molecule has 0 spiro atoms. The molecule has 3 heteroatoms. The average molecular weight is 168 g/mol. The normalized spacial score (nSPS) is 10.2. The lowest BCUT2D eigenvalue weighted by molar-refractivity contribution is 0.398. The van der Waals surface area contributed by atoms with E-state index in [0.29, 0.717) is 0 Å². The summed E-state index contributed by atoms with van der Waals surface area (Å²) in [6, 6.07) is 0. The van der Waals surface area contributed by atoms with Gasteiger partial charge >= 0.3 is 0 Å². The molecule has 3 nitrogen and oxygen atoms in total. The molecule has 0 aliphatic rings. The SMILES string of the molecule is CCCCNc1noc(C)c1C. The fourth-order valence-electron chi connectivity index (χ4n) is 0.966. The summed E-state index contributed by atoms with van der Waals surface area (Å²) in [4.78, 5) is 0. The summed E-state index contributed by atoms with van der Waals surface area (Å²) in [5.74, 6) is 1.79. The van der Waals surface area contributed by atoms with Gasteiger partial charge in [-0.15, -0.1) is 0 Å². The number of anilines is 1. The number of nitrogens with one attached hydrogen (secondary N) is 1. The molecule has 12 heavy (non-hydrogen) atoms. The van der Waals surface area contributed by atoms with E-state index >= 15 is 0 Å². The van der Waals surface area contributed by atoms with Gasteiger partial charge in [-0.25, -0.2) is 0 Å². The first-order valence-corrected chi connectivity index (χ1v) is 4.42. The first kappa shape index (κ1) is 9.10. The third kappa shape index (κ3) is 2.00. The van der Waals surface area contributed by atoms with Crippen molar-refractivity contribution in [3.63, 3.8) is 0 Å². The van der Waals surface area contributed by atoms with E-state index in [1.807, 2.05) is 13.8 Å². The van der Waals surface area contributed by atoms with Crippen LogP contribution in [0.4, 0.5) is 5.82 Å². The van der Waals surface area contributed by atoms with Gasteiger partial charge in [0, 0.05) is 12.1 Å². The van der Waals surface area contributed by atoms with Crippen molar-refractivity contribution in [2.45, 2.75) is 33.6 Å². The van der Waals surface area contributed by atoms with Crippen molar-refractivity contribution in [2.75, 3.05) is 11.9 Å². The van der Waals surface area contributed by atoms with E-state index in [0.717, 1.165) is 23.7 Å². The summed E-state index contributed by atoms with van der Waals surface area (Å²) < 4.78 is 5.01. The van der Waals surface area contributed by atoms with Gasteiger partial charge in [-0.1, -0.05) is 18.5 Å². The van der Waals surface area contributed by atoms with Gasteiger partial charge < -0.3 is 9.84 Å². The Hall–Kier alpha value is -0.990. The maximum atomic E-state index is 5.01. The maximum Gasteiger partial charge on any atom is 0.172 e. The third-order valence-corrected chi connectivity index (χ3v) is 1.98. The number of hydrogen-bond acceptors (Lipinski definition) is 3. The minimum absolute atomic E-state index is 0.890. The third-order valence-electron chi connectivity index (χ3n) is 1.98. The van der Waals surface area contributed by atoms with E-state index in [1.165, 1.54) is 12.8 Å². The molecular formula is C9H16N2O. The van der Waals surface area contributed by atoms with Crippen molar-refractivity contribution < 1.29 is 4.52 Å². The standard InChI is InChI=1S/C9H16N2O/c1-4-5-6-10-9-7(2)8(3)12-11-9/h4-6H2,1-3H3,(H,10,11). The highest BCUT2D eigenvalue weighted by Gasteiger charge is 2.05. The van der Waals surface area contributed by atoms with Crippen LogP contribution in [0.1, 0.15) is 31.1 Å². The first-order chi connectivity index (χ1) is 5.75. The van der Waals surface area contributed by atoms with Crippen LogP contribution in [-0.4, -0.2) is 11.7 Å². The van der Waals surface area contributed by atoms with E-state index in [9.17, 15) is 0 Å². The minimum Gasteiger partial charge on any atom is -0.367 e. The predicted molar refractivity (Wildman–Crippen MR) is 49.4 cm³/mol. The summed E-state index contributed by atoms with van der Waals surface area (Å²) in [6.45, 7) is 7.08. The Morgan fingerprint density at radius 3 is 2.67 bits per heavy atom. The van der Waals surface area contributed by atoms with Gasteiger partial charge in [0.2, 0.25) is 0 Å². The quantitative estimate of drug-likeness (QED) is 0.702. The van der Waals surface area contributed by atoms with Crippen LogP contribution in [0.3, 0.4) is 0 Å². The van der Waals surface area contributed by atoms with Gasteiger partial charge in [0.25, 0.3) is 0 Å². The highest BCUT2D eigenvalue weighted by Crippen LogP contribution is 2.15. The maximum absolute atomic E-state index is 5.01. The molecule has 0 aromatic carbocycles. The molecule has 0 bridgehead atoms. The molecule has 1 heterocycles. The van der Waals surface area contributed by atoms with Gasteiger partial charge in [0.05, 0.1) is 0 Å². The smallest absolute Gasteiger partial charge is 0.172 e. The second-order valence-electron chi connectivity index (χ2n) is 2.99. The van der Waals surface area contributed by atoms with E-state index in [2.05, 4.69) is 17.4 Å². The van der Waals surface area contributed by atoms with Crippen molar-refractivity contribution >= 4 is 5.82 Å². The molecule has 0 aliphatic carbocycles. The molecular weight excluding hydrogens is 152 g/mol. The lowest BCUT2D eigenvalue weighted by Gasteiger charge is -2.00. The van der Waals surface area contributed by atoms with Gasteiger partial charge in [0.1, 0.15) is 5.76 Å². The Morgan fingerprint density at radius 1 is 1.42 bits per heavy atom. The molecule has 0 aliphatic heterocycles. The van der Waals surface area contributed by atoms with Crippen molar-refractivity contribution in [3.05, 3.63) is 11.3 Å². The zero-order valence-electron chi connectivity index (χ0n) is 7.98. The van der Waals surface area contributed by atoms with Crippen molar-refractivity contribution in [3.8, 4) is 0 Å². The molecule has 0 unspecified atom stereocenters. The molecule has 1 rings (SSSR count).